The number of nitrogens with zero attached hydrogens (tertiary/aromatic N) is 1. The summed E-state index contributed by atoms with van der Waals surface area (Å²) in [6, 6.07) is 8.42. The van der Waals surface area contributed by atoms with Gasteiger partial charge in [0.05, 0.1) is 5.56 Å². The first-order valence-corrected chi connectivity index (χ1v) is 7.09. The summed E-state index contributed by atoms with van der Waals surface area (Å²) in [6.07, 6.45) is 1.05. The maximum absolute atomic E-state index is 12.5. The van der Waals surface area contributed by atoms with E-state index in [-0.39, 0.29) is 5.91 Å². The Kier molecular flexibility index (Phi) is 3.06. The average molecular weight is 260 g/mol. The SMILES string of the molecule is CN(C(=O)c1csc2ccccc12)C1CCNC1. The largest absolute Gasteiger partial charge is 0.337 e. The van der Waals surface area contributed by atoms with Crippen molar-refractivity contribution in [1.82, 2.24) is 10.2 Å². The lowest BCUT2D eigenvalue weighted by Crippen LogP contribution is -2.38. The summed E-state index contributed by atoms with van der Waals surface area (Å²) in [6.45, 7) is 1.91. The first-order chi connectivity index (χ1) is 8.77. The van der Waals surface area contributed by atoms with Crippen LogP contribution in [0, 0.1) is 0 Å². The Morgan fingerprint density at radius 1 is 1.44 bits per heavy atom. The van der Waals surface area contributed by atoms with Crippen molar-refractivity contribution >= 4 is 27.3 Å². The van der Waals surface area contributed by atoms with E-state index in [0.29, 0.717) is 6.04 Å². The molecule has 1 aromatic carbocycles. The topological polar surface area (TPSA) is 32.3 Å². The van der Waals surface area contributed by atoms with E-state index in [1.54, 1.807) is 11.3 Å². The Bertz CT molecular complexity index is 572. The highest BCUT2D eigenvalue weighted by Crippen LogP contribution is 2.27. The molecule has 1 fully saturated rings. The number of rotatable bonds is 2. The average Bonchev–Trinajstić information content (AvgIpc) is 3.06. The van der Waals surface area contributed by atoms with Crippen LogP contribution < -0.4 is 5.32 Å². The number of benzene rings is 1. The Morgan fingerprint density at radius 2 is 2.28 bits per heavy atom. The van der Waals surface area contributed by atoms with E-state index in [1.807, 2.05) is 35.5 Å². The van der Waals surface area contributed by atoms with Crippen molar-refractivity contribution in [1.29, 1.82) is 0 Å². The second kappa shape index (κ2) is 4.71. The molecule has 3 nitrogen and oxygen atoms in total. The van der Waals surface area contributed by atoms with Gasteiger partial charge in [-0.05, 0) is 19.0 Å². The summed E-state index contributed by atoms with van der Waals surface area (Å²) in [5.41, 5.74) is 0.838. The van der Waals surface area contributed by atoms with E-state index in [9.17, 15) is 4.79 Å². The molecular formula is C14H16N2OS. The highest BCUT2D eigenvalue weighted by Gasteiger charge is 2.25. The first kappa shape index (κ1) is 11.7. The van der Waals surface area contributed by atoms with Gasteiger partial charge in [0.15, 0.2) is 0 Å². The molecule has 1 aromatic heterocycles. The number of hydrogen-bond acceptors (Lipinski definition) is 3. The number of carbonyl (C=O) groups excluding carboxylic acids is 1. The lowest BCUT2D eigenvalue weighted by Gasteiger charge is -2.23. The number of amides is 1. The van der Waals surface area contributed by atoms with Gasteiger partial charge in [-0.25, -0.2) is 0 Å². The summed E-state index contributed by atoms with van der Waals surface area (Å²) < 4.78 is 1.18. The van der Waals surface area contributed by atoms with Crippen LogP contribution in [0.1, 0.15) is 16.8 Å². The first-order valence-electron chi connectivity index (χ1n) is 6.21. The maximum atomic E-state index is 12.5. The Labute approximate surface area is 110 Å². The van der Waals surface area contributed by atoms with Crippen molar-refractivity contribution in [3.63, 3.8) is 0 Å². The fourth-order valence-electron chi connectivity index (χ4n) is 2.47. The second-order valence-electron chi connectivity index (χ2n) is 4.71. The third-order valence-electron chi connectivity index (χ3n) is 3.61. The summed E-state index contributed by atoms with van der Waals surface area (Å²) >= 11 is 1.64. The number of nitrogens with one attached hydrogen (secondary N) is 1. The lowest BCUT2D eigenvalue weighted by molar-refractivity contribution is 0.0746. The molecule has 94 valence electrons. The van der Waals surface area contributed by atoms with Crippen molar-refractivity contribution in [3.05, 3.63) is 35.2 Å². The fourth-order valence-corrected chi connectivity index (χ4v) is 3.40. The lowest BCUT2D eigenvalue weighted by atomic mass is 10.1. The molecule has 1 aliphatic rings. The van der Waals surface area contributed by atoms with E-state index < -0.39 is 0 Å². The fraction of sp³-hybridized carbons (Fsp3) is 0.357. The van der Waals surface area contributed by atoms with Crippen molar-refractivity contribution in [2.75, 3.05) is 20.1 Å². The van der Waals surface area contributed by atoms with Crippen molar-refractivity contribution in [3.8, 4) is 0 Å². The molecule has 18 heavy (non-hydrogen) atoms. The van der Waals surface area contributed by atoms with Crippen LogP contribution in [0.5, 0.6) is 0 Å². The van der Waals surface area contributed by atoms with Crippen LogP contribution in [0.2, 0.25) is 0 Å². The molecule has 3 rings (SSSR count). The molecule has 1 N–H and O–H groups in total. The van der Waals surface area contributed by atoms with Gasteiger partial charge in [0.2, 0.25) is 0 Å². The molecule has 1 aliphatic heterocycles. The minimum atomic E-state index is 0.140. The van der Waals surface area contributed by atoms with Crippen LogP contribution in [0.4, 0.5) is 0 Å². The van der Waals surface area contributed by atoms with Gasteiger partial charge in [-0.2, -0.15) is 0 Å². The molecule has 1 saturated heterocycles. The van der Waals surface area contributed by atoms with E-state index in [1.165, 1.54) is 4.70 Å². The molecule has 1 amide bonds. The van der Waals surface area contributed by atoms with E-state index in [0.717, 1.165) is 30.5 Å². The Hall–Kier alpha value is -1.39. The monoisotopic (exact) mass is 260 g/mol. The molecule has 4 heteroatoms. The third kappa shape index (κ3) is 1.91. The van der Waals surface area contributed by atoms with Crippen LogP contribution >= 0.6 is 11.3 Å². The molecule has 0 radical (unpaired) electrons. The van der Waals surface area contributed by atoms with Gasteiger partial charge in [0.25, 0.3) is 5.91 Å². The van der Waals surface area contributed by atoms with E-state index in [2.05, 4.69) is 11.4 Å². The zero-order valence-electron chi connectivity index (χ0n) is 10.3. The number of likely N-dealkylation sites (N-methyl/N-ethyl adjacent to an activating group) is 1. The minimum Gasteiger partial charge on any atom is -0.337 e. The molecule has 1 unspecified atom stereocenters. The molecule has 2 heterocycles. The van der Waals surface area contributed by atoms with Gasteiger partial charge < -0.3 is 10.2 Å². The van der Waals surface area contributed by atoms with Crippen molar-refractivity contribution in [2.24, 2.45) is 0 Å². The van der Waals surface area contributed by atoms with Crippen molar-refractivity contribution in [2.45, 2.75) is 12.5 Å². The summed E-state index contributed by atoms with van der Waals surface area (Å²) in [5, 5.41) is 6.35. The van der Waals surface area contributed by atoms with E-state index >= 15 is 0 Å². The zero-order chi connectivity index (χ0) is 12.5. The van der Waals surface area contributed by atoms with E-state index in [4.69, 9.17) is 0 Å². The minimum absolute atomic E-state index is 0.140. The molecule has 0 aliphatic carbocycles. The molecule has 0 saturated carbocycles. The highest BCUT2D eigenvalue weighted by molar-refractivity contribution is 7.17. The second-order valence-corrected chi connectivity index (χ2v) is 5.62. The molecule has 0 spiro atoms. The van der Waals surface area contributed by atoms with Crippen LogP contribution in [-0.4, -0.2) is 37.0 Å². The number of fused-ring (bicyclic) bond motifs is 1. The van der Waals surface area contributed by atoms with Gasteiger partial charge >= 0.3 is 0 Å². The molecular weight excluding hydrogens is 244 g/mol. The normalized spacial score (nSPS) is 19.3. The number of carbonyl (C=O) groups is 1. The third-order valence-corrected chi connectivity index (χ3v) is 4.58. The maximum Gasteiger partial charge on any atom is 0.255 e. The van der Waals surface area contributed by atoms with Crippen LogP contribution in [-0.2, 0) is 0 Å². The highest BCUT2D eigenvalue weighted by atomic mass is 32.1. The molecule has 1 atom stereocenters. The van der Waals surface area contributed by atoms with Gasteiger partial charge in [0.1, 0.15) is 0 Å². The van der Waals surface area contributed by atoms with Gasteiger partial charge in [0, 0.05) is 35.1 Å². The number of hydrogen-bond donors (Lipinski definition) is 1. The zero-order valence-corrected chi connectivity index (χ0v) is 11.2. The molecule has 2 aromatic rings. The summed E-state index contributed by atoms with van der Waals surface area (Å²) in [7, 11) is 1.91. The predicted octanol–water partition coefficient (Wildman–Crippen LogP) is 2.34. The van der Waals surface area contributed by atoms with Crippen LogP contribution in [0.3, 0.4) is 0 Å². The van der Waals surface area contributed by atoms with Gasteiger partial charge in [-0.1, -0.05) is 18.2 Å². The van der Waals surface area contributed by atoms with Gasteiger partial charge in [-0.3, -0.25) is 4.79 Å². The standard InChI is InChI=1S/C14H16N2OS/c1-16(10-6-7-15-8-10)14(17)12-9-18-13-5-3-2-4-11(12)13/h2-5,9-10,15H,6-8H2,1H3. The quantitative estimate of drug-likeness (QED) is 0.899. The predicted molar refractivity (Wildman–Crippen MR) is 75.2 cm³/mol. The van der Waals surface area contributed by atoms with Crippen LogP contribution in [0.15, 0.2) is 29.6 Å². The van der Waals surface area contributed by atoms with Crippen LogP contribution in [0.25, 0.3) is 10.1 Å². The van der Waals surface area contributed by atoms with Gasteiger partial charge in [-0.15, -0.1) is 11.3 Å². The smallest absolute Gasteiger partial charge is 0.255 e. The molecule has 0 bridgehead atoms. The summed E-state index contributed by atoms with van der Waals surface area (Å²) in [5.74, 6) is 0.140. The number of thiophene rings is 1. The Balaban J connectivity index is 1.91. The van der Waals surface area contributed by atoms with Crippen molar-refractivity contribution < 1.29 is 4.79 Å². The Morgan fingerprint density at radius 3 is 3.06 bits per heavy atom. The summed E-state index contributed by atoms with van der Waals surface area (Å²) in [4.78, 5) is 14.4.